The molecular formula is C18H26N2. The fourth-order valence-corrected chi connectivity index (χ4v) is 2.50. The molecule has 108 valence electrons. The predicted octanol–water partition coefficient (Wildman–Crippen LogP) is 4.21. The highest BCUT2D eigenvalue weighted by Gasteiger charge is 2.20. The number of hydrogen-bond acceptors (Lipinski definition) is 2. The predicted molar refractivity (Wildman–Crippen MR) is 87.3 cm³/mol. The van der Waals surface area contributed by atoms with Crippen molar-refractivity contribution < 1.29 is 0 Å². The van der Waals surface area contributed by atoms with Crippen molar-refractivity contribution in [2.75, 3.05) is 13.1 Å². The average Bonchev–Trinajstić information content (AvgIpc) is 2.43. The Hall–Kier alpha value is -1.41. The van der Waals surface area contributed by atoms with Crippen LogP contribution >= 0.6 is 0 Å². The summed E-state index contributed by atoms with van der Waals surface area (Å²) in [6, 6.07) is 10.9. The number of nitrogens with zero attached hydrogens (tertiary/aromatic N) is 1. The molecule has 0 radical (unpaired) electrons. The molecule has 1 N–H and O–H groups in total. The Morgan fingerprint density at radius 3 is 2.65 bits per heavy atom. The quantitative estimate of drug-likeness (QED) is 0.795. The number of nitrogens with one attached hydrogen (secondary N) is 1. The van der Waals surface area contributed by atoms with Gasteiger partial charge in [-0.05, 0) is 62.0 Å². The number of hydrogen-bond donors (Lipinski definition) is 1. The van der Waals surface area contributed by atoms with Gasteiger partial charge in [0.05, 0.1) is 5.52 Å². The van der Waals surface area contributed by atoms with Crippen molar-refractivity contribution >= 4 is 10.9 Å². The average molecular weight is 270 g/mol. The van der Waals surface area contributed by atoms with Crippen molar-refractivity contribution in [2.24, 2.45) is 0 Å². The van der Waals surface area contributed by atoms with Crippen LogP contribution in [0, 0.1) is 6.92 Å². The Bertz CT molecular complexity index is 573. The first-order chi connectivity index (χ1) is 9.53. The molecule has 2 aromatic rings. The van der Waals surface area contributed by atoms with Crippen LogP contribution in [-0.4, -0.2) is 18.1 Å². The molecule has 0 saturated heterocycles. The summed E-state index contributed by atoms with van der Waals surface area (Å²) in [6.45, 7) is 11.1. The van der Waals surface area contributed by atoms with Gasteiger partial charge in [-0.2, -0.15) is 0 Å². The van der Waals surface area contributed by atoms with Gasteiger partial charge in [0.2, 0.25) is 0 Å². The van der Waals surface area contributed by atoms with Crippen LogP contribution in [0.2, 0.25) is 0 Å². The van der Waals surface area contributed by atoms with E-state index in [0.717, 1.165) is 30.7 Å². The molecule has 0 atom stereocenters. The van der Waals surface area contributed by atoms with Crippen molar-refractivity contribution in [1.29, 1.82) is 0 Å². The minimum Gasteiger partial charge on any atom is -0.317 e. The first-order valence-corrected chi connectivity index (χ1v) is 7.61. The summed E-state index contributed by atoms with van der Waals surface area (Å²) in [5.74, 6) is 0. The maximum atomic E-state index is 4.57. The van der Waals surface area contributed by atoms with E-state index in [0.29, 0.717) is 0 Å². The number of pyridine rings is 1. The lowest BCUT2D eigenvalue weighted by molar-refractivity contribution is 0.457. The van der Waals surface area contributed by atoms with Crippen LogP contribution in [0.1, 0.15) is 44.9 Å². The highest BCUT2D eigenvalue weighted by atomic mass is 14.8. The lowest BCUT2D eigenvalue weighted by Gasteiger charge is -2.26. The summed E-state index contributed by atoms with van der Waals surface area (Å²) >= 11 is 0. The standard InChI is InChI=1S/C18H26N2/c1-5-11-19-12-10-18(3,4)16-8-9-17-15(13-16)7-6-14(2)20-17/h6-9,13,19H,5,10-12H2,1-4H3. The first-order valence-electron chi connectivity index (χ1n) is 7.61. The van der Waals surface area contributed by atoms with Crippen LogP contribution in [0.3, 0.4) is 0 Å². The van der Waals surface area contributed by atoms with E-state index in [9.17, 15) is 0 Å². The topological polar surface area (TPSA) is 24.9 Å². The van der Waals surface area contributed by atoms with Gasteiger partial charge in [0, 0.05) is 11.1 Å². The largest absolute Gasteiger partial charge is 0.317 e. The van der Waals surface area contributed by atoms with Gasteiger partial charge >= 0.3 is 0 Å². The van der Waals surface area contributed by atoms with Gasteiger partial charge < -0.3 is 5.32 Å². The van der Waals surface area contributed by atoms with Crippen molar-refractivity contribution in [1.82, 2.24) is 10.3 Å². The second kappa shape index (κ2) is 6.36. The maximum absolute atomic E-state index is 4.57. The third-order valence-electron chi connectivity index (χ3n) is 3.96. The molecule has 2 rings (SSSR count). The smallest absolute Gasteiger partial charge is 0.0705 e. The normalized spacial score (nSPS) is 12.0. The molecule has 0 spiro atoms. The van der Waals surface area contributed by atoms with Crippen molar-refractivity contribution in [3.8, 4) is 0 Å². The molecule has 20 heavy (non-hydrogen) atoms. The number of fused-ring (bicyclic) bond motifs is 1. The Kier molecular flexibility index (Phi) is 4.77. The van der Waals surface area contributed by atoms with Gasteiger partial charge in [0.1, 0.15) is 0 Å². The van der Waals surface area contributed by atoms with Gasteiger partial charge in [-0.25, -0.2) is 0 Å². The highest BCUT2D eigenvalue weighted by Crippen LogP contribution is 2.29. The molecule has 2 heteroatoms. The number of benzene rings is 1. The Morgan fingerprint density at radius 1 is 1.10 bits per heavy atom. The van der Waals surface area contributed by atoms with Crippen LogP contribution in [0.4, 0.5) is 0 Å². The fraction of sp³-hybridized carbons (Fsp3) is 0.500. The summed E-state index contributed by atoms with van der Waals surface area (Å²) in [6.07, 6.45) is 2.35. The van der Waals surface area contributed by atoms with E-state index in [1.54, 1.807) is 0 Å². The lowest BCUT2D eigenvalue weighted by atomic mass is 9.81. The van der Waals surface area contributed by atoms with E-state index < -0.39 is 0 Å². The molecule has 0 unspecified atom stereocenters. The number of aryl methyl sites for hydroxylation is 1. The highest BCUT2D eigenvalue weighted by molar-refractivity contribution is 5.79. The molecule has 0 aliphatic carbocycles. The third-order valence-corrected chi connectivity index (χ3v) is 3.96. The van der Waals surface area contributed by atoms with Crippen LogP contribution in [0.15, 0.2) is 30.3 Å². The molecule has 0 amide bonds. The molecule has 0 saturated carbocycles. The zero-order chi connectivity index (χ0) is 14.6. The Morgan fingerprint density at radius 2 is 1.90 bits per heavy atom. The fourth-order valence-electron chi connectivity index (χ4n) is 2.50. The Labute approximate surface area is 122 Å². The molecular weight excluding hydrogens is 244 g/mol. The summed E-state index contributed by atoms with van der Waals surface area (Å²) < 4.78 is 0. The zero-order valence-electron chi connectivity index (χ0n) is 13.2. The van der Waals surface area contributed by atoms with Gasteiger partial charge in [-0.3, -0.25) is 4.98 Å². The third kappa shape index (κ3) is 3.57. The second-order valence-corrected chi connectivity index (χ2v) is 6.24. The van der Waals surface area contributed by atoms with Crippen LogP contribution < -0.4 is 5.32 Å². The molecule has 1 heterocycles. The molecule has 1 aromatic carbocycles. The molecule has 0 bridgehead atoms. The van der Waals surface area contributed by atoms with Gasteiger partial charge in [0.15, 0.2) is 0 Å². The van der Waals surface area contributed by atoms with Crippen LogP contribution in [0.25, 0.3) is 10.9 Å². The van der Waals surface area contributed by atoms with E-state index in [1.165, 1.54) is 17.4 Å². The summed E-state index contributed by atoms with van der Waals surface area (Å²) in [5, 5.41) is 4.73. The SMILES string of the molecule is CCCNCCC(C)(C)c1ccc2nc(C)ccc2c1. The van der Waals surface area contributed by atoms with Crippen LogP contribution in [0.5, 0.6) is 0 Å². The van der Waals surface area contributed by atoms with Crippen molar-refractivity contribution in [2.45, 2.75) is 46.0 Å². The molecule has 0 aliphatic rings. The van der Waals surface area contributed by atoms with Crippen molar-refractivity contribution in [3.05, 3.63) is 41.6 Å². The number of rotatable bonds is 6. The van der Waals surface area contributed by atoms with Crippen LogP contribution in [-0.2, 0) is 5.41 Å². The van der Waals surface area contributed by atoms with E-state index in [-0.39, 0.29) is 5.41 Å². The minimum atomic E-state index is 0.194. The Balaban J connectivity index is 2.16. The van der Waals surface area contributed by atoms with Crippen molar-refractivity contribution in [3.63, 3.8) is 0 Å². The van der Waals surface area contributed by atoms with E-state index in [1.807, 2.05) is 6.92 Å². The molecule has 0 aliphatic heterocycles. The van der Waals surface area contributed by atoms with Gasteiger partial charge in [-0.1, -0.05) is 32.9 Å². The zero-order valence-corrected chi connectivity index (χ0v) is 13.2. The molecule has 1 aromatic heterocycles. The van der Waals surface area contributed by atoms with E-state index in [4.69, 9.17) is 0 Å². The van der Waals surface area contributed by atoms with E-state index in [2.05, 4.69) is 61.4 Å². The second-order valence-electron chi connectivity index (χ2n) is 6.24. The first kappa shape index (κ1) is 15.0. The number of aromatic nitrogens is 1. The molecule has 2 nitrogen and oxygen atoms in total. The van der Waals surface area contributed by atoms with Gasteiger partial charge in [-0.15, -0.1) is 0 Å². The lowest BCUT2D eigenvalue weighted by Crippen LogP contribution is -2.25. The monoisotopic (exact) mass is 270 g/mol. The maximum Gasteiger partial charge on any atom is 0.0705 e. The summed E-state index contributed by atoms with van der Waals surface area (Å²) in [7, 11) is 0. The summed E-state index contributed by atoms with van der Waals surface area (Å²) in [4.78, 5) is 4.57. The molecule has 0 fully saturated rings. The summed E-state index contributed by atoms with van der Waals surface area (Å²) in [5.41, 5.74) is 3.76. The van der Waals surface area contributed by atoms with E-state index >= 15 is 0 Å². The minimum absolute atomic E-state index is 0.194. The van der Waals surface area contributed by atoms with Gasteiger partial charge in [0.25, 0.3) is 0 Å².